The predicted octanol–water partition coefficient (Wildman–Crippen LogP) is 3.53. The van der Waals surface area contributed by atoms with E-state index < -0.39 is 0 Å². The van der Waals surface area contributed by atoms with E-state index in [0.29, 0.717) is 11.2 Å². The van der Waals surface area contributed by atoms with E-state index in [-0.39, 0.29) is 29.6 Å². The van der Waals surface area contributed by atoms with Crippen LogP contribution < -0.4 is 10.9 Å². The number of anilines is 1. The normalized spacial score (nSPS) is 11.4. The molecule has 148 valence electrons. The van der Waals surface area contributed by atoms with Gasteiger partial charge in [0.25, 0.3) is 5.56 Å². The molecule has 8 heteroatoms. The Labute approximate surface area is 171 Å². The SMILES string of the molecule is CSc1cccc(NC(=O)Cn2c(=O)c3nnc(C(C)C)n3c3ccccc32)c1. The van der Waals surface area contributed by atoms with Crippen molar-refractivity contribution in [3.63, 3.8) is 0 Å². The van der Waals surface area contributed by atoms with Crippen molar-refractivity contribution in [2.45, 2.75) is 31.2 Å². The highest BCUT2D eigenvalue weighted by atomic mass is 32.2. The van der Waals surface area contributed by atoms with Crippen LogP contribution >= 0.6 is 11.8 Å². The number of hydrogen-bond acceptors (Lipinski definition) is 5. The second-order valence-electron chi connectivity index (χ2n) is 7.03. The monoisotopic (exact) mass is 407 g/mol. The standard InChI is InChI=1S/C21H21N5O2S/c1-13(2)19-23-24-20-21(28)25(16-9-4-5-10-17(16)26(19)20)12-18(27)22-14-7-6-8-15(11-14)29-3/h4-11,13H,12H2,1-3H3,(H,22,27). The zero-order valence-electron chi connectivity index (χ0n) is 16.4. The molecule has 0 unspecified atom stereocenters. The molecule has 0 fully saturated rings. The molecule has 0 aliphatic carbocycles. The predicted molar refractivity (Wildman–Crippen MR) is 116 cm³/mol. The van der Waals surface area contributed by atoms with Crippen molar-refractivity contribution in [2.75, 3.05) is 11.6 Å². The molecule has 1 amide bonds. The van der Waals surface area contributed by atoms with Gasteiger partial charge in [-0.1, -0.05) is 32.0 Å². The van der Waals surface area contributed by atoms with Gasteiger partial charge in [0.15, 0.2) is 0 Å². The molecule has 2 heterocycles. The summed E-state index contributed by atoms with van der Waals surface area (Å²) in [7, 11) is 0. The second-order valence-corrected chi connectivity index (χ2v) is 7.91. The van der Waals surface area contributed by atoms with Crippen molar-refractivity contribution >= 4 is 40.0 Å². The summed E-state index contributed by atoms with van der Waals surface area (Å²) in [6, 6.07) is 15.1. The van der Waals surface area contributed by atoms with Crippen molar-refractivity contribution in [3.8, 4) is 0 Å². The van der Waals surface area contributed by atoms with Gasteiger partial charge >= 0.3 is 0 Å². The molecule has 29 heavy (non-hydrogen) atoms. The van der Waals surface area contributed by atoms with Gasteiger partial charge in [0.05, 0.1) is 11.0 Å². The Morgan fingerprint density at radius 1 is 1.10 bits per heavy atom. The Balaban J connectivity index is 1.78. The molecule has 0 spiro atoms. The maximum absolute atomic E-state index is 13.1. The van der Waals surface area contributed by atoms with Crippen LogP contribution in [-0.4, -0.2) is 31.3 Å². The number of nitrogens with one attached hydrogen (secondary N) is 1. The number of carbonyl (C=O) groups is 1. The lowest BCUT2D eigenvalue weighted by atomic mass is 10.2. The summed E-state index contributed by atoms with van der Waals surface area (Å²) in [5.74, 6) is 0.554. The smallest absolute Gasteiger partial charge is 0.297 e. The first-order chi connectivity index (χ1) is 14.0. The molecule has 0 atom stereocenters. The van der Waals surface area contributed by atoms with Crippen molar-refractivity contribution in [1.82, 2.24) is 19.2 Å². The molecule has 0 aliphatic heterocycles. The van der Waals surface area contributed by atoms with E-state index >= 15 is 0 Å². The number of carbonyl (C=O) groups excluding carboxylic acids is 1. The molecular formula is C21H21N5O2S. The minimum Gasteiger partial charge on any atom is -0.324 e. The number of amides is 1. The highest BCUT2D eigenvalue weighted by Crippen LogP contribution is 2.21. The summed E-state index contributed by atoms with van der Waals surface area (Å²) in [5, 5.41) is 11.2. The molecule has 0 saturated carbocycles. The lowest BCUT2D eigenvalue weighted by Crippen LogP contribution is -2.29. The van der Waals surface area contributed by atoms with E-state index in [1.165, 1.54) is 4.57 Å². The summed E-state index contributed by atoms with van der Waals surface area (Å²) in [5.41, 5.74) is 2.05. The molecule has 4 aromatic rings. The van der Waals surface area contributed by atoms with Crippen molar-refractivity contribution < 1.29 is 4.79 Å². The molecule has 0 aliphatic rings. The summed E-state index contributed by atoms with van der Waals surface area (Å²) in [4.78, 5) is 26.9. The highest BCUT2D eigenvalue weighted by molar-refractivity contribution is 7.98. The van der Waals surface area contributed by atoms with Crippen LogP contribution in [-0.2, 0) is 11.3 Å². The highest BCUT2D eigenvalue weighted by Gasteiger charge is 2.19. The fourth-order valence-electron chi connectivity index (χ4n) is 3.36. The number of aromatic nitrogens is 4. The number of fused-ring (bicyclic) bond motifs is 3. The number of rotatable bonds is 5. The van der Waals surface area contributed by atoms with Crippen LogP contribution in [0.5, 0.6) is 0 Å². The van der Waals surface area contributed by atoms with Gasteiger partial charge in [-0.3, -0.25) is 18.6 Å². The van der Waals surface area contributed by atoms with Crippen LogP contribution in [0.15, 0.2) is 58.2 Å². The van der Waals surface area contributed by atoms with Crippen molar-refractivity contribution in [3.05, 3.63) is 64.7 Å². The van der Waals surface area contributed by atoms with Gasteiger partial charge in [-0.2, -0.15) is 0 Å². The first-order valence-electron chi connectivity index (χ1n) is 9.30. The Kier molecular flexibility index (Phi) is 5.10. The molecule has 2 aromatic heterocycles. The van der Waals surface area contributed by atoms with Gasteiger partial charge in [0.1, 0.15) is 12.4 Å². The fourth-order valence-corrected chi connectivity index (χ4v) is 3.82. The Hall–Kier alpha value is -3.13. The number of nitrogens with zero attached hydrogens (tertiary/aromatic N) is 4. The van der Waals surface area contributed by atoms with Crippen LogP contribution in [0.3, 0.4) is 0 Å². The third-order valence-corrected chi connectivity index (χ3v) is 5.43. The quantitative estimate of drug-likeness (QED) is 0.512. The van der Waals surface area contributed by atoms with Crippen LogP contribution in [0.25, 0.3) is 16.7 Å². The van der Waals surface area contributed by atoms with E-state index in [9.17, 15) is 9.59 Å². The second kappa shape index (κ2) is 7.71. The van der Waals surface area contributed by atoms with E-state index in [0.717, 1.165) is 16.2 Å². The van der Waals surface area contributed by atoms with E-state index in [2.05, 4.69) is 15.5 Å². The number of para-hydroxylation sites is 2. The van der Waals surface area contributed by atoms with Crippen LogP contribution in [0.2, 0.25) is 0 Å². The molecule has 0 radical (unpaired) electrons. The first-order valence-corrected chi connectivity index (χ1v) is 10.5. The van der Waals surface area contributed by atoms with Crippen molar-refractivity contribution in [2.24, 2.45) is 0 Å². The molecule has 0 saturated heterocycles. The van der Waals surface area contributed by atoms with Crippen molar-refractivity contribution in [1.29, 1.82) is 0 Å². The van der Waals surface area contributed by atoms with Gasteiger partial charge in [0, 0.05) is 16.5 Å². The molecule has 0 bridgehead atoms. The van der Waals surface area contributed by atoms with Gasteiger partial charge < -0.3 is 5.32 Å². The topological polar surface area (TPSA) is 81.3 Å². The zero-order valence-corrected chi connectivity index (χ0v) is 17.2. The summed E-state index contributed by atoms with van der Waals surface area (Å²) >= 11 is 1.60. The van der Waals surface area contributed by atoms with Crippen LogP contribution in [0, 0.1) is 0 Å². The van der Waals surface area contributed by atoms with Gasteiger partial charge in [0.2, 0.25) is 11.6 Å². The minimum absolute atomic E-state index is 0.107. The molecule has 4 rings (SSSR count). The molecule has 7 nitrogen and oxygen atoms in total. The minimum atomic E-state index is -0.337. The average Bonchev–Trinajstić information content (AvgIpc) is 3.17. The summed E-state index contributed by atoms with van der Waals surface area (Å²) in [6.07, 6.45) is 1.98. The van der Waals surface area contributed by atoms with Gasteiger partial charge in [-0.25, -0.2) is 0 Å². The Morgan fingerprint density at radius 2 is 1.86 bits per heavy atom. The molecule has 1 N–H and O–H groups in total. The molecule has 2 aromatic carbocycles. The average molecular weight is 407 g/mol. The number of benzene rings is 2. The molecular weight excluding hydrogens is 386 g/mol. The van der Waals surface area contributed by atoms with Crippen LogP contribution in [0.4, 0.5) is 5.69 Å². The third kappa shape index (κ3) is 3.51. The van der Waals surface area contributed by atoms with E-state index in [1.807, 2.05) is 68.6 Å². The summed E-state index contributed by atoms with van der Waals surface area (Å²) < 4.78 is 3.25. The first kappa shape index (κ1) is 19.2. The lowest BCUT2D eigenvalue weighted by molar-refractivity contribution is -0.116. The van der Waals surface area contributed by atoms with Gasteiger partial charge in [-0.05, 0) is 36.6 Å². The number of thioether (sulfide) groups is 1. The lowest BCUT2D eigenvalue weighted by Gasteiger charge is -2.13. The fraction of sp³-hybridized carbons (Fsp3) is 0.238. The maximum Gasteiger partial charge on any atom is 0.297 e. The van der Waals surface area contributed by atoms with E-state index in [4.69, 9.17) is 0 Å². The number of hydrogen-bond donors (Lipinski definition) is 1. The third-order valence-electron chi connectivity index (χ3n) is 4.71. The summed E-state index contributed by atoms with van der Waals surface area (Å²) in [6.45, 7) is 3.91. The maximum atomic E-state index is 13.1. The van der Waals surface area contributed by atoms with E-state index in [1.54, 1.807) is 16.2 Å². The largest absolute Gasteiger partial charge is 0.324 e. The van der Waals surface area contributed by atoms with Gasteiger partial charge in [-0.15, -0.1) is 22.0 Å². The zero-order chi connectivity index (χ0) is 20.5. The van der Waals surface area contributed by atoms with Crippen LogP contribution in [0.1, 0.15) is 25.6 Å². The Morgan fingerprint density at radius 3 is 2.59 bits per heavy atom. The Bertz CT molecular complexity index is 1280.